The van der Waals surface area contributed by atoms with Crippen LogP contribution in [-0.2, 0) is 4.74 Å². The molecule has 1 heterocycles. The van der Waals surface area contributed by atoms with Crippen LogP contribution in [0.3, 0.4) is 0 Å². The van der Waals surface area contributed by atoms with Crippen molar-refractivity contribution in [3.05, 3.63) is 42.2 Å². The lowest BCUT2D eigenvalue weighted by molar-refractivity contribution is -0.00247. The fraction of sp³-hybridized carbons (Fsp3) is 0.375. The molecule has 0 amide bonds. The first-order valence-electron chi connectivity index (χ1n) is 6.61. The van der Waals surface area contributed by atoms with E-state index in [1.54, 1.807) is 19.5 Å². The number of carbonyl (C=O) groups excluding carboxylic acids is 1. The Morgan fingerprint density at radius 3 is 2.63 bits per heavy atom. The highest BCUT2D eigenvalue weighted by Gasteiger charge is 2.35. The Hall–Kier alpha value is -1.74. The Balaban J connectivity index is 2.58. The van der Waals surface area contributed by atoms with Crippen LogP contribution in [0.5, 0.6) is 0 Å². The van der Waals surface area contributed by atoms with Crippen molar-refractivity contribution in [1.29, 1.82) is 0 Å². The summed E-state index contributed by atoms with van der Waals surface area (Å²) >= 11 is 0. The van der Waals surface area contributed by atoms with E-state index in [-0.39, 0.29) is 5.78 Å². The van der Waals surface area contributed by atoms with Gasteiger partial charge in [0, 0.05) is 30.5 Å². The van der Waals surface area contributed by atoms with Crippen molar-refractivity contribution in [3.63, 3.8) is 0 Å². The van der Waals surface area contributed by atoms with E-state index < -0.39 is 5.60 Å². The van der Waals surface area contributed by atoms with Gasteiger partial charge in [-0.05, 0) is 24.3 Å². The average molecular weight is 257 g/mol. The number of nitrogens with zero attached hydrogens (tertiary/aromatic N) is 1. The van der Waals surface area contributed by atoms with Gasteiger partial charge in [-0.2, -0.15) is 0 Å². The second-order valence-corrected chi connectivity index (χ2v) is 4.64. The molecular formula is C16H19NO2. The Morgan fingerprint density at radius 2 is 2.00 bits per heavy atom. The molecule has 0 aliphatic rings. The van der Waals surface area contributed by atoms with E-state index in [4.69, 9.17) is 4.74 Å². The quantitative estimate of drug-likeness (QED) is 0.768. The highest BCUT2D eigenvalue weighted by atomic mass is 16.5. The topological polar surface area (TPSA) is 39.2 Å². The van der Waals surface area contributed by atoms with Crippen LogP contribution in [0.1, 0.15) is 37.0 Å². The maximum atomic E-state index is 12.8. The van der Waals surface area contributed by atoms with Gasteiger partial charge in [-0.15, -0.1) is 0 Å². The molecule has 0 radical (unpaired) electrons. The van der Waals surface area contributed by atoms with Crippen LogP contribution in [0.4, 0.5) is 0 Å². The monoisotopic (exact) mass is 257 g/mol. The Kier molecular flexibility index (Phi) is 3.96. The summed E-state index contributed by atoms with van der Waals surface area (Å²) in [4.78, 5) is 16.9. The average Bonchev–Trinajstić information content (AvgIpc) is 2.49. The molecule has 0 unspecified atom stereocenters. The number of Topliss-reactive ketones (excluding diaryl/α,β-unsaturated/α-hetero) is 1. The zero-order valence-electron chi connectivity index (χ0n) is 11.6. The number of benzene rings is 1. The van der Waals surface area contributed by atoms with Gasteiger partial charge < -0.3 is 4.74 Å². The summed E-state index contributed by atoms with van der Waals surface area (Å²) in [5, 5.41) is 1.91. The predicted molar refractivity (Wildman–Crippen MR) is 76.4 cm³/mol. The van der Waals surface area contributed by atoms with Crippen LogP contribution in [-0.4, -0.2) is 23.5 Å². The van der Waals surface area contributed by atoms with E-state index >= 15 is 0 Å². The number of pyridine rings is 1. The zero-order chi connectivity index (χ0) is 13.9. The van der Waals surface area contributed by atoms with Crippen LogP contribution in [0, 0.1) is 0 Å². The van der Waals surface area contributed by atoms with Gasteiger partial charge in [-0.25, -0.2) is 0 Å². The van der Waals surface area contributed by atoms with Crippen LogP contribution in [0.15, 0.2) is 36.7 Å². The van der Waals surface area contributed by atoms with Crippen molar-refractivity contribution in [2.24, 2.45) is 0 Å². The van der Waals surface area contributed by atoms with Crippen molar-refractivity contribution in [2.45, 2.75) is 32.3 Å². The van der Waals surface area contributed by atoms with Crippen molar-refractivity contribution >= 4 is 16.6 Å². The molecule has 0 spiro atoms. The number of rotatable bonds is 5. The molecule has 0 fully saturated rings. The third-order valence-corrected chi connectivity index (χ3v) is 3.87. The van der Waals surface area contributed by atoms with Gasteiger partial charge in [0.15, 0.2) is 5.78 Å². The summed E-state index contributed by atoms with van der Waals surface area (Å²) in [6, 6.07) is 7.60. The molecule has 0 N–H and O–H groups in total. The molecule has 3 heteroatoms. The lowest BCUT2D eigenvalue weighted by Crippen LogP contribution is -2.39. The highest BCUT2D eigenvalue weighted by Crippen LogP contribution is 2.28. The Bertz CT molecular complexity index is 575. The van der Waals surface area contributed by atoms with Gasteiger partial charge in [-0.3, -0.25) is 9.78 Å². The minimum absolute atomic E-state index is 0.0526. The molecule has 0 saturated heterocycles. The molecule has 3 nitrogen and oxygen atoms in total. The maximum Gasteiger partial charge on any atom is 0.195 e. The van der Waals surface area contributed by atoms with Crippen molar-refractivity contribution in [1.82, 2.24) is 4.98 Å². The highest BCUT2D eigenvalue weighted by molar-refractivity contribution is 6.11. The second-order valence-electron chi connectivity index (χ2n) is 4.64. The number of ketones is 1. The molecule has 0 aliphatic heterocycles. The van der Waals surface area contributed by atoms with Gasteiger partial charge in [0.2, 0.25) is 0 Å². The number of ether oxygens (including phenoxy) is 1. The molecule has 0 bridgehead atoms. The number of hydrogen-bond donors (Lipinski definition) is 0. The third-order valence-electron chi connectivity index (χ3n) is 3.87. The van der Waals surface area contributed by atoms with Gasteiger partial charge in [0.1, 0.15) is 5.60 Å². The summed E-state index contributed by atoms with van der Waals surface area (Å²) in [7, 11) is 1.61. The number of methoxy groups -OCH3 is 1. The minimum Gasteiger partial charge on any atom is -0.370 e. The maximum absolute atomic E-state index is 12.8. The lowest BCUT2D eigenvalue weighted by atomic mass is 9.86. The fourth-order valence-corrected chi connectivity index (χ4v) is 2.52. The smallest absolute Gasteiger partial charge is 0.195 e. The standard InChI is InChI=1S/C16H19NO2/c1-4-16(5-2,19-3)15(18)14-8-6-7-12-11-17-10-9-13(12)14/h6-11H,4-5H2,1-3H3. The summed E-state index contributed by atoms with van der Waals surface area (Å²) in [5.74, 6) is 0.0526. The normalized spacial score (nSPS) is 11.7. The van der Waals surface area contributed by atoms with Crippen LogP contribution in [0.25, 0.3) is 10.8 Å². The molecule has 0 atom stereocenters. The van der Waals surface area contributed by atoms with Crippen LogP contribution in [0.2, 0.25) is 0 Å². The van der Waals surface area contributed by atoms with E-state index in [2.05, 4.69) is 4.98 Å². The Labute approximate surface area is 113 Å². The predicted octanol–water partition coefficient (Wildman–Crippen LogP) is 3.62. The van der Waals surface area contributed by atoms with Gasteiger partial charge in [0.25, 0.3) is 0 Å². The fourth-order valence-electron chi connectivity index (χ4n) is 2.52. The summed E-state index contributed by atoms with van der Waals surface area (Å²) < 4.78 is 5.54. The summed E-state index contributed by atoms with van der Waals surface area (Å²) in [6.07, 6.45) is 4.82. The van der Waals surface area contributed by atoms with E-state index in [0.29, 0.717) is 18.4 Å². The largest absolute Gasteiger partial charge is 0.370 e. The molecule has 1 aromatic heterocycles. The molecule has 1 aromatic carbocycles. The number of hydrogen-bond acceptors (Lipinski definition) is 3. The molecule has 2 aromatic rings. The minimum atomic E-state index is -0.725. The molecule has 0 aliphatic carbocycles. The van der Waals surface area contributed by atoms with Crippen LogP contribution >= 0.6 is 0 Å². The molecule has 0 saturated carbocycles. The SMILES string of the molecule is CCC(CC)(OC)C(=O)c1cccc2cnccc12. The van der Waals surface area contributed by atoms with E-state index in [1.165, 1.54) is 0 Å². The first kappa shape index (κ1) is 13.7. The molecule has 19 heavy (non-hydrogen) atoms. The van der Waals surface area contributed by atoms with Crippen molar-refractivity contribution in [2.75, 3.05) is 7.11 Å². The van der Waals surface area contributed by atoms with Crippen molar-refractivity contribution in [3.8, 4) is 0 Å². The summed E-state index contributed by atoms with van der Waals surface area (Å²) in [5.41, 5.74) is -0.0113. The second kappa shape index (κ2) is 5.49. The third kappa shape index (κ3) is 2.26. The molecule has 2 rings (SSSR count). The zero-order valence-corrected chi connectivity index (χ0v) is 11.6. The molecule has 100 valence electrons. The van der Waals surface area contributed by atoms with E-state index in [1.807, 2.05) is 38.1 Å². The van der Waals surface area contributed by atoms with Gasteiger partial charge >= 0.3 is 0 Å². The first-order chi connectivity index (χ1) is 9.18. The van der Waals surface area contributed by atoms with E-state index in [9.17, 15) is 4.79 Å². The lowest BCUT2D eigenvalue weighted by Gasteiger charge is -2.29. The van der Waals surface area contributed by atoms with Gasteiger partial charge in [0.05, 0.1) is 0 Å². The van der Waals surface area contributed by atoms with Crippen LogP contribution < -0.4 is 0 Å². The first-order valence-corrected chi connectivity index (χ1v) is 6.61. The number of carbonyl (C=O) groups is 1. The van der Waals surface area contributed by atoms with E-state index in [0.717, 1.165) is 10.8 Å². The van der Waals surface area contributed by atoms with Gasteiger partial charge in [-0.1, -0.05) is 32.0 Å². The number of fused-ring (bicyclic) bond motifs is 1. The Morgan fingerprint density at radius 1 is 1.26 bits per heavy atom. The van der Waals surface area contributed by atoms with Crippen molar-refractivity contribution < 1.29 is 9.53 Å². The molecular weight excluding hydrogens is 238 g/mol. The number of aromatic nitrogens is 1. The summed E-state index contributed by atoms with van der Waals surface area (Å²) in [6.45, 7) is 3.97.